The van der Waals surface area contributed by atoms with E-state index >= 15 is 0 Å². The van der Waals surface area contributed by atoms with Gasteiger partial charge in [0.15, 0.2) is 0 Å². The van der Waals surface area contributed by atoms with Crippen LogP contribution in [0.2, 0.25) is 0 Å². The smallest absolute Gasteiger partial charge is 0.237 e. The van der Waals surface area contributed by atoms with E-state index in [1.807, 2.05) is 45.5 Å². The maximum Gasteiger partial charge on any atom is 0.237 e. The largest absolute Gasteiger partial charge is 0.477 e. The van der Waals surface area contributed by atoms with Gasteiger partial charge in [-0.15, -0.1) is 0 Å². The Bertz CT molecular complexity index is 1340. The van der Waals surface area contributed by atoms with E-state index in [1.54, 1.807) is 11.1 Å². The van der Waals surface area contributed by atoms with Gasteiger partial charge in [0.05, 0.1) is 29.4 Å². The molecule has 10 heteroatoms. The summed E-state index contributed by atoms with van der Waals surface area (Å²) < 4.78 is 29.0. The average Bonchev–Trinajstić information content (AvgIpc) is 3.07. The molecule has 1 aliphatic heterocycles. The molecule has 3 aromatic rings. The molecule has 1 fully saturated rings. The summed E-state index contributed by atoms with van der Waals surface area (Å²) in [6, 6.07) is 7.99. The summed E-state index contributed by atoms with van der Waals surface area (Å²) in [7, 11) is 5.85. The van der Waals surface area contributed by atoms with Gasteiger partial charge in [-0.25, -0.2) is 13.9 Å². The van der Waals surface area contributed by atoms with Crippen molar-refractivity contribution in [3.8, 4) is 17.0 Å². The van der Waals surface area contributed by atoms with Gasteiger partial charge in [0.1, 0.15) is 0 Å². The minimum Gasteiger partial charge on any atom is -0.477 e. The Morgan fingerprint density at radius 3 is 2.69 bits per heavy atom. The molecule has 2 aliphatic rings. The van der Waals surface area contributed by atoms with Crippen molar-refractivity contribution in [1.82, 2.24) is 19.6 Å². The van der Waals surface area contributed by atoms with Gasteiger partial charge in [-0.05, 0) is 57.1 Å². The minimum atomic E-state index is -2.15. The highest BCUT2D eigenvalue weighted by atomic mass is 32.2. The molecule has 1 spiro atoms. The number of ether oxygens (including phenoxy) is 1. The quantitative estimate of drug-likeness (QED) is 0.337. The van der Waals surface area contributed by atoms with Crippen molar-refractivity contribution >= 4 is 33.8 Å². The second-order valence-corrected chi connectivity index (χ2v) is 10.6. The Labute approximate surface area is 213 Å². The minimum absolute atomic E-state index is 0.139. The Morgan fingerprint density at radius 2 is 2.00 bits per heavy atom. The van der Waals surface area contributed by atoms with Crippen LogP contribution in [0.25, 0.3) is 22.0 Å². The number of carbonyl (C=O) groups excluding carboxylic acids is 1. The number of fused-ring (bicyclic) bond motifs is 4. The molecular weight excluding hydrogens is 478 g/mol. The van der Waals surface area contributed by atoms with Crippen LogP contribution in [0.5, 0.6) is 5.88 Å². The first kappa shape index (κ1) is 24.8. The fraction of sp³-hybridized carbons (Fsp3) is 0.423. The number of nitrogens with one attached hydrogen (secondary N) is 1. The summed E-state index contributed by atoms with van der Waals surface area (Å²) in [5.74, 6) is 0.602. The molecule has 5 rings (SSSR count). The molecule has 2 N–H and O–H groups in total. The number of likely N-dealkylation sites (N-methyl/N-ethyl adjacent to an activating group) is 1. The molecule has 3 heterocycles. The van der Waals surface area contributed by atoms with Gasteiger partial charge in [0.2, 0.25) is 23.1 Å². The lowest BCUT2D eigenvalue weighted by Crippen LogP contribution is -2.43. The zero-order valence-electron chi connectivity index (χ0n) is 20.8. The summed E-state index contributed by atoms with van der Waals surface area (Å²) in [4.78, 5) is 26.1. The topological polar surface area (TPSA) is 108 Å². The highest BCUT2D eigenvalue weighted by Gasteiger charge is 2.54. The number of anilines is 1. The summed E-state index contributed by atoms with van der Waals surface area (Å²) in [6.07, 6.45) is 7.18. The molecule has 190 valence electrons. The number of pyridine rings is 2. The summed E-state index contributed by atoms with van der Waals surface area (Å²) >= 11 is -2.15. The zero-order chi connectivity index (χ0) is 25.4. The molecule has 2 aromatic heterocycles. The van der Waals surface area contributed by atoms with Crippen LogP contribution < -0.4 is 14.4 Å². The van der Waals surface area contributed by atoms with Gasteiger partial charge < -0.3 is 14.5 Å². The van der Waals surface area contributed by atoms with E-state index in [-0.39, 0.29) is 12.5 Å². The maximum absolute atomic E-state index is 13.1. The highest BCUT2D eigenvalue weighted by Crippen LogP contribution is 2.55. The predicted molar refractivity (Wildman–Crippen MR) is 140 cm³/mol. The molecule has 9 nitrogen and oxygen atoms in total. The molecule has 0 radical (unpaired) electrons. The number of rotatable bonds is 9. The highest BCUT2D eigenvalue weighted by molar-refractivity contribution is 7.77. The van der Waals surface area contributed by atoms with E-state index in [1.165, 1.54) is 0 Å². The molecule has 0 saturated heterocycles. The van der Waals surface area contributed by atoms with Gasteiger partial charge in [-0.2, -0.15) is 0 Å². The molecule has 1 aliphatic carbocycles. The van der Waals surface area contributed by atoms with Crippen LogP contribution in [0.15, 0.2) is 36.7 Å². The number of hydrogen-bond donors (Lipinski definition) is 2. The van der Waals surface area contributed by atoms with Crippen molar-refractivity contribution in [2.45, 2.75) is 37.6 Å². The summed E-state index contributed by atoms with van der Waals surface area (Å²) in [5.41, 5.74) is 4.88. The van der Waals surface area contributed by atoms with Gasteiger partial charge in [0, 0.05) is 48.4 Å². The normalized spacial score (nSPS) is 17.0. The van der Waals surface area contributed by atoms with Crippen LogP contribution in [0.4, 0.5) is 5.69 Å². The molecule has 1 saturated carbocycles. The number of benzene rings is 1. The van der Waals surface area contributed by atoms with Crippen LogP contribution in [-0.2, 0) is 28.0 Å². The van der Waals surface area contributed by atoms with Gasteiger partial charge >= 0.3 is 0 Å². The third-order valence-corrected chi connectivity index (χ3v) is 7.63. The number of aromatic nitrogens is 2. The first-order valence-electron chi connectivity index (χ1n) is 12.1. The van der Waals surface area contributed by atoms with E-state index in [4.69, 9.17) is 4.74 Å². The lowest BCUT2D eigenvalue weighted by Gasteiger charge is -2.37. The average molecular weight is 510 g/mol. The Morgan fingerprint density at radius 1 is 1.19 bits per heavy atom. The first-order valence-corrected chi connectivity index (χ1v) is 13.2. The van der Waals surface area contributed by atoms with Crippen molar-refractivity contribution < 1.29 is 18.3 Å². The molecule has 36 heavy (non-hydrogen) atoms. The second kappa shape index (κ2) is 9.85. The van der Waals surface area contributed by atoms with Gasteiger partial charge in [-0.1, -0.05) is 12.5 Å². The van der Waals surface area contributed by atoms with Crippen LogP contribution in [0, 0.1) is 0 Å². The summed E-state index contributed by atoms with van der Waals surface area (Å²) in [5, 5.41) is 0.988. The Balaban J connectivity index is 1.51. The van der Waals surface area contributed by atoms with Gasteiger partial charge in [0.25, 0.3) is 0 Å². The monoisotopic (exact) mass is 509 g/mol. The van der Waals surface area contributed by atoms with E-state index in [2.05, 4.69) is 25.7 Å². The fourth-order valence-electron chi connectivity index (χ4n) is 5.25. The zero-order valence-corrected chi connectivity index (χ0v) is 21.6. The molecule has 0 bridgehead atoms. The molecule has 1 aromatic carbocycles. The van der Waals surface area contributed by atoms with E-state index < -0.39 is 16.7 Å². The SMILES string of the molecule is CN(C)CCCOc1ncc(-c2ccc3ncc4c(c3c2)C2(CCC2)C(=O)N4C)cc1CNS(=O)O. The number of hydrogen-bond acceptors (Lipinski definition) is 6. The number of amides is 1. The fourth-order valence-corrected chi connectivity index (χ4v) is 5.53. The molecular formula is C26H31N5O4S. The molecule has 1 amide bonds. The predicted octanol–water partition coefficient (Wildman–Crippen LogP) is 3.25. The van der Waals surface area contributed by atoms with E-state index in [9.17, 15) is 13.6 Å². The molecule has 1 unspecified atom stereocenters. The van der Waals surface area contributed by atoms with E-state index in [0.717, 1.165) is 65.5 Å². The van der Waals surface area contributed by atoms with Crippen molar-refractivity contribution in [3.63, 3.8) is 0 Å². The third-order valence-electron chi connectivity index (χ3n) is 7.24. The Kier molecular flexibility index (Phi) is 6.78. The first-order chi connectivity index (χ1) is 17.3. The van der Waals surface area contributed by atoms with Crippen LogP contribution in [-0.4, -0.2) is 63.8 Å². The molecule has 1 atom stereocenters. The third kappa shape index (κ3) is 4.39. The van der Waals surface area contributed by atoms with Gasteiger partial charge in [-0.3, -0.25) is 14.3 Å². The van der Waals surface area contributed by atoms with Crippen LogP contribution >= 0.6 is 0 Å². The second-order valence-electron chi connectivity index (χ2n) is 9.81. The maximum atomic E-state index is 13.1. The Hall–Kier alpha value is -2.92. The van der Waals surface area contributed by atoms with Crippen molar-refractivity contribution in [2.75, 3.05) is 39.2 Å². The van der Waals surface area contributed by atoms with Crippen molar-refractivity contribution in [3.05, 3.63) is 47.8 Å². The number of carbonyl (C=O) groups is 1. The number of nitrogens with zero attached hydrogens (tertiary/aromatic N) is 4. The van der Waals surface area contributed by atoms with Crippen LogP contribution in [0.3, 0.4) is 0 Å². The lowest BCUT2D eigenvalue weighted by molar-refractivity contribution is -0.125. The van der Waals surface area contributed by atoms with Crippen molar-refractivity contribution in [1.29, 1.82) is 0 Å². The summed E-state index contributed by atoms with van der Waals surface area (Å²) in [6.45, 7) is 1.53. The van der Waals surface area contributed by atoms with E-state index in [0.29, 0.717) is 18.1 Å². The lowest BCUT2D eigenvalue weighted by atomic mass is 9.64. The van der Waals surface area contributed by atoms with Crippen molar-refractivity contribution in [2.24, 2.45) is 0 Å². The van der Waals surface area contributed by atoms with Crippen LogP contribution in [0.1, 0.15) is 36.8 Å². The standard InChI is InChI=1S/C26H31N5O4S/c1-30(2)10-5-11-35-24-19(15-29-36(33)34)12-18(14-28-24)17-6-7-21-20(13-17)23-22(16-27-21)31(3)25(32)26(23)8-4-9-26/h6-7,12-14,16,29H,4-5,8-11,15H2,1-3H3,(H,33,34).